The number of hydrogen-bond donors (Lipinski definition) is 4. The summed E-state index contributed by atoms with van der Waals surface area (Å²) < 4.78 is 49.3. The van der Waals surface area contributed by atoms with Crippen LogP contribution in [-0.2, 0) is 20.2 Å². The first-order chi connectivity index (χ1) is 8.87. The van der Waals surface area contributed by atoms with Crippen molar-refractivity contribution in [2.45, 2.75) is 11.6 Å². The largest absolute Gasteiger partial charge is 0.373 e. The van der Waals surface area contributed by atoms with Crippen molar-refractivity contribution in [1.29, 1.82) is 0 Å². The molecule has 0 aliphatic rings. The van der Waals surface area contributed by atoms with Gasteiger partial charge in [0.05, 0.1) is 15.6 Å². The standard InChI is InChI=1S/C6H12N2O7P2/c1-15-17(13,14)6(9,16(10,11)12)4-8-3-2-7-5-8/h2-3,5,9H,4H2,1H3,(H,13,14)(H2,10,11,12)/i2D,3D,5D. The van der Waals surface area contributed by atoms with Gasteiger partial charge < -0.3 is 28.9 Å². The highest BCUT2D eigenvalue weighted by Crippen LogP contribution is 2.70. The van der Waals surface area contributed by atoms with Crippen LogP contribution in [0.2, 0.25) is 0 Å². The van der Waals surface area contributed by atoms with Crippen molar-refractivity contribution in [3.63, 3.8) is 0 Å². The summed E-state index contributed by atoms with van der Waals surface area (Å²) in [5.41, 5.74) is 0. The molecule has 0 bridgehead atoms. The highest BCUT2D eigenvalue weighted by Gasteiger charge is 2.60. The second-order valence-electron chi connectivity index (χ2n) is 3.04. The minimum Gasteiger partial charge on any atom is -0.366 e. The first-order valence-electron chi connectivity index (χ1n) is 5.54. The Morgan fingerprint density at radius 2 is 2.12 bits per heavy atom. The second-order valence-corrected chi connectivity index (χ2v) is 7.37. The van der Waals surface area contributed by atoms with Gasteiger partial charge in [0.2, 0.25) is 0 Å². The molecule has 4 N–H and O–H groups in total. The molecule has 11 heteroatoms. The Morgan fingerprint density at radius 3 is 2.47 bits per heavy atom. The molecule has 0 aliphatic carbocycles. The summed E-state index contributed by atoms with van der Waals surface area (Å²) in [5.74, 6) is 0. The van der Waals surface area contributed by atoms with Gasteiger partial charge in [0, 0.05) is 19.5 Å². The quantitative estimate of drug-likeness (QED) is 0.533. The Hall–Kier alpha value is -0.530. The van der Waals surface area contributed by atoms with E-state index in [0.717, 1.165) is 0 Å². The summed E-state index contributed by atoms with van der Waals surface area (Å²) >= 11 is 0. The van der Waals surface area contributed by atoms with Crippen LogP contribution in [0.25, 0.3) is 0 Å². The molecular formula is C6H12N2O7P2. The summed E-state index contributed by atoms with van der Waals surface area (Å²) in [4.78, 5) is 30.8. The van der Waals surface area contributed by atoms with E-state index in [0.29, 0.717) is 11.7 Å². The molecule has 1 rings (SSSR count). The number of nitrogens with zero attached hydrogens (tertiary/aromatic N) is 2. The molecule has 0 saturated carbocycles. The van der Waals surface area contributed by atoms with Crippen LogP contribution in [0.4, 0.5) is 0 Å². The molecule has 0 spiro atoms. The van der Waals surface area contributed by atoms with Crippen molar-refractivity contribution in [2.75, 3.05) is 7.11 Å². The third-order valence-electron chi connectivity index (χ3n) is 1.95. The monoisotopic (exact) mass is 289 g/mol. The first kappa shape index (κ1) is 10.4. The number of aliphatic hydroxyl groups is 1. The minimum absolute atomic E-state index is 0.406. The van der Waals surface area contributed by atoms with E-state index in [4.69, 9.17) is 13.9 Å². The first-order valence-corrected chi connectivity index (χ1v) is 7.23. The predicted molar refractivity (Wildman–Crippen MR) is 56.1 cm³/mol. The molecular weight excluding hydrogens is 274 g/mol. The van der Waals surface area contributed by atoms with Gasteiger partial charge in [-0.3, -0.25) is 9.13 Å². The van der Waals surface area contributed by atoms with Crippen molar-refractivity contribution in [3.05, 3.63) is 18.6 Å². The number of aromatic nitrogens is 2. The second kappa shape index (κ2) is 4.62. The molecule has 0 saturated heterocycles. The van der Waals surface area contributed by atoms with Crippen LogP contribution in [0.3, 0.4) is 0 Å². The lowest BCUT2D eigenvalue weighted by Gasteiger charge is -2.31. The molecule has 0 aliphatic heterocycles. The molecule has 0 radical (unpaired) electrons. The SMILES string of the molecule is [2H]c1nc([2H])n(CC(O)(P(=O)(O)O)P(=O)(O)OC)c1[2H]. The molecule has 0 fully saturated rings. The Labute approximate surface area is 101 Å². The van der Waals surface area contributed by atoms with Crippen molar-refractivity contribution >= 4 is 15.2 Å². The summed E-state index contributed by atoms with van der Waals surface area (Å²) in [7, 11) is -10.1. The fraction of sp³-hybridized carbons (Fsp3) is 0.500. The van der Waals surface area contributed by atoms with Crippen molar-refractivity contribution in [1.82, 2.24) is 9.55 Å². The van der Waals surface area contributed by atoms with E-state index in [1.807, 2.05) is 0 Å². The molecule has 2 unspecified atom stereocenters. The maximum atomic E-state index is 11.7. The molecule has 0 amide bonds. The fourth-order valence-electron chi connectivity index (χ4n) is 0.975. The van der Waals surface area contributed by atoms with Crippen LogP contribution in [0.15, 0.2) is 18.6 Å². The zero-order valence-corrected chi connectivity index (χ0v) is 10.3. The van der Waals surface area contributed by atoms with E-state index < -0.39 is 45.5 Å². The van der Waals surface area contributed by atoms with Gasteiger partial charge in [0.25, 0.3) is 5.08 Å². The van der Waals surface area contributed by atoms with Gasteiger partial charge in [-0.05, 0) is 0 Å². The van der Waals surface area contributed by atoms with E-state index >= 15 is 0 Å². The van der Waals surface area contributed by atoms with Gasteiger partial charge in [0.15, 0.2) is 0 Å². The zero-order chi connectivity index (χ0) is 15.9. The van der Waals surface area contributed by atoms with Gasteiger partial charge in [-0.25, -0.2) is 4.98 Å². The number of imidazole rings is 1. The van der Waals surface area contributed by atoms with Gasteiger partial charge in [0.1, 0.15) is 1.37 Å². The van der Waals surface area contributed by atoms with Crippen LogP contribution in [0, 0.1) is 0 Å². The van der Waals surface area contributed by atoms with Crippen molar-refractivity contribution in [2.24, 2.45) is 0 Å². The summed E-state index contributed by atoms with van der Waals surface area (Å²) in [6.07, 6.45) is -2.21. The van der Waals surface area contributed by atoms with Crippen LogP contribution in [-0.4, -0.2) is 41.5 Å². The highest BCUT2D eigenvalue weighted by molar-refractivity contribution is 7.72. The number of rotatable bonds is 5. The molecule has 9 nitrogen and oxygen atoms in total. The maximum Gasteiger partial charge on any atom is 0.373 e. The number of hydrogen-bond acceptors (Lipinski definition) is 5. The van der Waals surface area contributed by atoms with E-state index in [1.54, 1.807) is 0 Å². The summed E-state index contributed by atoms with van der Waals surface area (Å²) in [5, 5.41) is 6.35. The lowest BCUT2D eigenvalue weighted by atomic mass is 10.6. The van der Waals surface area contributed by atoms with Gasteiger partial charge in [-0.1, -0.05) is 0 Å². The predicted octanol–water partition coefficient (Wildman–Crippen LogP) is -0.461. The topological polar surface area (TPSA) is 142 Å². The minimum atomic E-state index is -5.58. The van der Waals surface area contributed by atoms with Crippen LogP contribution >= 0.6 is 15.2 Å². The van der Waals surface area contributed by atoms with E-state index in [-0.39, 0.29) is 0 Å². The van der Waals surface area contributed by atoms with Crippen LogP contribution < -0.4 is 0 Å². The van der Waals surface area contributed by atoms with Crippen molar-refractivity contribution in [3.8, 4) is 0 Å². The normalized spacial score (nSPS) is 22.1. The van der Waals surface area contributed by atoms with E-state index in [1.165, 1.54) is 0 Å². The Kier molecular flexibility index (Phi) is 2.83. The van der Waals surface area contributed by atoms with Gasteiger partial charge in [-0.15, -0.1) is 0 Å². The Bertz CT molecular complexity index is 616. The summed E-state index contributed by atoms with van der Waals surface area (Å²) in [6, 6.07) is 0. The third-order valence-corrected chi connectivity index (χ3v) is 6.10. The van der Waals surface area contributed by atoms with Gasteiger partial charge in [-0.2, -0.15) is 0 Å². The summed E-state index contributed by atoms with van der Waals surface area (Å²) in [6.45, 7) is -1.30. The highest BCUT2D eigenvalue weighted by atomic mass is 31.2. The molecule has 1 aromatic heterocycles. The Morgan fingerprint density at radius 1 is 1.53 bits per heavy atom. The van der Waals surface area contributed by atoms with Crippen molar-refractivity contribution < 1.29 is 37.6 Å². The Balaban J connectivity index is 3.44. The molecule has 17 heavy (non-hydrogen) atoms. The average molecular weight is 289 g/mol. The maximum absolute atomic E-state index is 11.7. The average Bonchev–Trinajstić information content (AvgIpc) is 2.54. The third kappa shape index (κ3) is 2.66. The van der Waals surface area contributed by atoms with Gasteiger partial charge >= 0.3 is 15.2 Å². The van der Waals surface area contributed by atoms with Crippen LogP contribution in [0.1, 0.15) is 4.11 Å². The molecule has 0 aromatic carbocycles. The molecule has 98 valence electrons. The smallest absolute Gasteiger partial charge is 0.366 e. The van der Waals surface area contributed by atoms with E-state index in [2.05, 4.69) is 9.51 Å². The fourth-order valence-corrected chi connectivity index (χ4v) is 3.48. The molecule has 2 atom stereocenters. The lowest BCUT2D eigenvalue weighted by Crippen LogP contribution is -2.34. The van der Waals surface area contributed by atoms with E-state index in [9.17, 15) is 19.1 Å². The zero-order valence-electron chi connectivity index (χ0n) is 11.5. The molecule has 1 heterocycles. The van der Waals surface area contributed by atoms with Crippen LogP contribution in [0.5, 0.6) is 0 Å². The lowest BCUT2D eigenvalue weighted by molar-refractivity contribution is 0.109. The molecule has 1 aromatic rings.